The standard InChI is InChI=1S/C3H9O3Si/c1-5-7(3,4)6-2/h1-3H3. The molecule has 0 aliphatic heterocycles. The van der Waals surface area contributed by atoms with Gasteiger partial charge in [-0.3, -0.25) is 0 Å². The summed E-state index contributed by atoms with van der Waals surface area (Å²) in [6.07, 6.45) is 0. The highest BCUT2D eigenvalue weighted by Gasteiger charge is 2.28. The molecule has 0 bridgehead atoms. The van der Waals surface area contributed by atoms with Crippen LogP contribution in [0.3, 0.4) is 0 Å². The van der Waals surface area contributed by atoms with Gasteiger partial charge in [0.15, 0.2) is 0 Å². The molecule has 4 heteroatoms. The zero-order chi connectivity index (χ0) is 5.91. The summed E-state index contributed by atoms with van der Waals surface area (Å²) >= 11 is 0. The third kappa shape index (κ3) is 2.75. The van der Waals surface area contributed by atoms with Gasteiger partial charge >= 0.3 is 8.80 Å². The average molecular weight is 121 g/mol. The van der Waals surface area contributed by atoms with Crippen molar-refractivity contribution < 1.29 is 13.6 Å². The van der Waals surface area contributed by atoms with Gasteiger partial charge in [-0.15, -0.1) is 0 Å². The van der Waals surface area contributed by atoms with Crippen molar-refractivity contribution in [3.8, 4) is 0 Å². The van der Waals surface area contributed by atoms with Gasteiger partial charge in [0.2, 0.25) is 0 Å². The molecule has 0 saturated carbocycles. The summed E-state index contributed by atoms with van der Waals surface area (Å²) in [5.41, 5.74) is 0. The smallest absolute Gasteiger partial charge is 0.376 e. The summed E-state index contributed by atoms with van der Waals surface area (Å²) < 4.78 is 8.90. The van der Waals surface area contributed by atoms with Crippen LogP contribution in [0.25, 0.3) is 0 Å². The summed E-state index contributed by atoms with van der Waals surface area (Å²) in [6.45, 7) is 1.44. The zero-order valence-electron chi connectivity index (χ0n) is 4.72. The van der Waals surface area contributed by atoms with Crippen LogP contribution in [0.15, 0.2) is 0 Å². The second-order valence-corrected chi connectivity index (χ2v) is 3.81. The molecule has 3 nitrogen and oxygen atoms in total. The second kappa shape index (κ2) is 2.42. The van der Waals surface area contributed by atoms with Crippen LogP contribution in [-0.2, 0) is 13.6 Å². The lowest BCUT2D eigenvalue weighted by Gasteiger charge is -2.09. The Morgan fingerprint density at radius 2 is 1.57 bits per heavy atom. The molecule has 0 aliphatic carbocycles. The molecule has 0 aliphatic rings. The van der Waals surface area contributed by atoms with E-state index in [0.29, 0.717) is 0 Å². The third-order valence-electron chi connectivity index (χ3n) is 0.742. The van der Waals surface area contributed by atoms with Gasteiger partial charge in [-0.05, 0) is 0 Å². The molecule has 0 spiro atoms. The SMILES string of the molecule is CO[Si](C)([O])OC. The molecule has 0 N–H and O–H groups in total. The Morgan fingerprint density at radius 3 is 1.57 bits per heavy atom. The molecule has 0 atom stereocenters. The highest BCUT2D eigenvalue weighted by molar-refractivity contribution is 6.57. The summed E-state index contributed by atoms with van der Waals surface area (Å²) in [4.78, 5) is 10.5. The third-order valence-corrected chi connectivity index (χ3v) is 2.22. The fraction of sp³-hybridized carbons (Fsp3) is 1.00. The summed E-state index contributed by atoms with van der Waals surface area (Å²) in [7, 11) is -0.174. The Hall–Kier alpha value is 0.0969. The molecule has 0 saturated heterocycles. The van der Waals surface area contributed by atoms with Crippen molar-refractivity contribution in [3.05, 3.63) is 0 Å². The van der Waals surface area contributed by atoms with Crippen LogP contribution >= 0.6 is 0 Å². The minimum Gasteiger partial charge on any atom is -0.376 e. The maximum Gasteiger partial charge on any atom is 0.525 e. The fourth-order valence-electron chi connectivity index (χ4n) is 0.0833. The molecular weight excluding hydrogens is 112 g/mol. The normalized spacial score (nSPS) is 12.0. The zero-order valence-corrected chi connectivity index (χ0v) is 5.72. The molecule has 0 aromatic heterocycles. The van der Waals surface area contributed by atoms with Crippen molar-refractivity contribution in [3.63, 3.8) is 0 Å². The predicted octanol–water partition coefficient (Wildman–Crippen LogP) is 0.278. The lowest BCUT2D eigenvalue weighted by molar-refractivity contribution is 0.127. The van der Waals surface area contributed by atoms with Crippen LogP contribution < -0.4 is 0 Å². The fourth-order valence-corrected chi connectivity index (χ4v) is 0.250. The number of hydrogen-bond acceptors (Lipinski definition) is 2. The Bertz CT molecular complexity index is 48.1. The van der Waals surface area contributed by atoms with Crippen molar-refractivity contribution in [2.24, 2.45) is 0 Å². The van der Waals surface area contributed by atoms with Crippen LogP contribution in [0.5, 0.6) is 0 Å². The van der Waals surface area contributed by atoms with E-state index in [2.05, 4.69) is 8.85 Å². The minimum absolute atomic E-state index is 1.36. The van der Waals surface area contributed by atoms with Crippen molar-refractivity contribution >= 4 is 8.80 Å². The molecule has 43 valence electrons. The van der Waals surface area contributed by atoms with Crippen LogP contribution in [0.2, 0.25) is 6.55 Å². The number of hydrogen-bond donors (Lipinski definition) is 0. The first kappa shape index (κ1) is 7.10. The molecule has 0 fully saturated rings. The van der Waals surface area contributed by atoms with Gasteiger partial charge in [0.1, 0.15) is 0 Å². The van der Waals surface area contributed by atoms with Crippen LogP contribution in [0.1, 0.15) is 0 Å². The van der Waals surface area contributed by atoms with Crippen molar-refractivity contribution in [2.45, 2.75) is 6.55 Å². The van der Waals surface area contributed by atoms with Gasteiger partial charge in [-0.25, -0.2) is 4.80 Å². The lowest BCUT2D eigenvalue weighted by Crippen LogP contribution is -2.33. The minimum atomic E-state index is -2.90. The molecule has 0 unspecified atom stereocenters. The van der Waals surface area contributed by atoms with E-state index in [1.807, 2.05) is 0 Å². The van der Waals surface area contributed by atoms with Gasteiger partial charge in [0.25, 0.3) is 0 Å². The van der Waals surface area contributed by atoms with Crippen molar-refractivity contribution in [1.29, 1.82) is 0 Å². The molecule has 0 aromatic rings. The Kier molecular flexibility index (Phi) is 2.45. The van der Waals surface area contributed by atoms with Gasteiger partial charge < -0.3 is 8.85 Å². The molecule has 7 heavy (non-hydrogen) atoms. The summed E-state index contributed by atoms with van der Waals surface area (Å²) in [5, 5.41) is 0. The average Bonchev–Trinajstić information content (AvgIpc) is 1.68. The molecule has 1 radical (unpaired) electrons. The first-order valence-electron chi connectivity index (χ1n) is 1.93. The van der Waals surface area contributed by atoms with E-state index in [4.69, 9.17) is 0 Å². The monoisotopic (exact) mass is 121 g/mol. The highest BCUT2D eigenvalue weighted by atomic mass is 28.4. The quantitative estimate of drug-likeness (QED) is 0.492. The molecule has 0 amide bonds. The van der Waals surface area contributed by atoms with Crippen molar-refractivity contribution in [2.75, 3.05) is 14.2 Å². The lowest BCUT2D eigenvalue weighted by atomic mass is 11.8. The maximum atomic E-state index is 10.5. The topological polar surface area (TPSA) is 38.4 Å². The summed E-state index contributed by atoms with van der Waals surface area (Å²) in [6, 6.07) is 0. The van der Waals surface area contributed by atoms with E-state index in [9.17, 15) is 4.80 Å². The summed E-state index contributed by atoms with van der Waals surface area (Å²) in [5.74, 6) is 0. The van der Waals surface area contributed by atoms with Gasteiger partial charge in [0.05, 0.1) is 0 Å². The van der Waals surface area contributed by atoms with E-state index >= 15 is 0 Å². The molecule has 0 heterocycles. The van der Waals surface area contributed by atoms with E-state index < -0.39 is 8.80 Å². The van der Waals surface area contributed by atoms with E-state index in [1.54, 1.807) is 0 Å². The van der Waals surface area contributed by atoms with Gasteiger partial charge in [0, 0.05) is 20.8 Å². The first-order chi connectivity index (χ1) is 3.12. The Balaban J connectivity index is 3.36. The van der Waals surface area contributed by atoms with Gasteiger partial charge in [-0.2, -0.15) is 0 Å². The van der Waals surface area contributed by atoms with Crippen molar-refractivity contribution in [1.82, 2.24) is 0 Å². The molecule has 0 aromatic carbocycles. The van der Waals surface area contributed by atoms with Gasteiger partial charge in [-0.1, -0.05) is 0 Å². The number of rotatable bonds is 2. The predicted molar refractivity (Wildman–Crippen MR) is 26.3 cm³/mol. The second-order valence-electron chi connectivity index (χ2n) is 1.27. The van der Waals surface area contributed by atoms with Crippen LogP contribution in [-0.4, -0.2) is 23.0 Å². The molecular formula is C3H9O3Si. The van der Waals surface area contributed by atoms with E-state index in [0.717, 1.165) is 0 Å². The largest absolute Gasteiger partial charge is 0.525 e. The molecule has 0 rings (SSSR count). The van der Waals surface area contributed by atoms with E-state index in [-0.39, 0.29) is 0 Å². The Morgan fingerprint density at radius 1 is 1.29 bits per heavy atom. The van der Waals surface area contributed by atoms with E-state index in [1.165, 1.54) is 20.8 Å². The Labute approximate surface area is 44.2 Å². The highest BCUT2D eigenvalue weighted by Crippen LogP contribution is 1.96. The van der Waals surface area contributed by atoms with Crippen LogP contribution in [0, 0.1) is 0 Å². The first-order valence-corrected chi connectivity index (χ1v) is 4.15. The maximum absolute atomic E-state index is 10.5. The van der Waals surface area contributed by atoms with Crippen LogP contribution in [0.4, 0.5) is 0 Å².